The second-order valence-electron chi connectivity index (χ2n) is 6.39. The van der Waals surface area contributed by atoms with E-state index in [0.29, 0.717) is 5.69 Å². The van der Waals surface area contributed by atoms with Crippen LogP contribution in [0.2, 0.25) is 0 Å². The van der Waals surface area contributed by atoms with Crippen LogP contribution >= 0.6 is 11.8 Å². The van der Waals surface area contributed by atoms with Gasteiger partial charge in [-0.25, -0.2) is 8.42 Å². The molecule has 13 heteroatoms. The van der Waals surface area contributed by atoms with Crippen molar-refractivity contribution in [3.63, 3.8) is 0 Å². The van der Waals surface area contributed by atoms with Crippen LogP contribution in [-0.4, -0.2) is 59.7 Å². The van der Waals surface area contributed by atoms with E-state index in [9.17, 15) is 31.2 Å². The summed E-state index contributed by atoms with van der Waals surface area (Å²) in [5, 5.41) is 8.47. The SMILES string of the molecule is O=C(O)CCC(=O)N=C1S[C@H]2CS(=O)(=O)C[C@H]2N1c1ccc(OC(F)(F)F)cc1. The quantitative estimate of drug-likeness (QED) is 0.722. The molecule has 2 fully saturated rings. The van der Waals surface area contributed by atoms with Crippen molar-refractivity contribution in [2.45, 2.75) is 30.5 Å². The molecule has 2 saturated heterocycles. The number of thioether (sulfide) groups is 1. The number of benzene rings is 1. The molecule has 0 aromatic heterocycles. The number of anilines is 1. The summed E-state index contributed by atoms with van der Waals surface area (Å²) in [7, 11) is -3.31. The van der Waals surface area contributed by atoms with Gasteiger partial charge in [-0.05, 0) is 24.3 Å². The number of ether oxygens (including phenoxy) is 1. The van der Waals surface area contributed by atoms with E-state index in [-0.39, 0.29) is 23.1 Å². The lowest BCUT2D eigenvalue weighted by Crippen LogP contribution is -2.37. The molecule has 3 rings (SSSR count). The zero-order chi connectivity index (χ0) is 21.4. The molecular weight excluding hydrogens is 437 g/mol. The number of carbonyl (C=O) groups excluding carboxylic acids is 1. The van der Waals surface area contributed by atoms with Gasteiger partial charge in [0.05, 0.1) is 24.0 Å². The van der Waals surface area contributed by atoms with Crippen LogP contribution in [0.25, 0.3) is 0 Å². The number of nitrogens with zero attached hydrogens (tertiary/aromatic N) is 2. The molecule has 0 spiro atoms. The van der Waals surface area contributed by atoms with E-state index in [2.05, 4.69) is 9.73 Å². The molecule has 2 atom stereocenters. The highest BCUT2D eigenvalue weighted by Crippen LogP contribution is 2.41. The number of carbonyl (C=O) groups is 2. The van der Waals surface area contributed by atoms with Crippen LogP contribution < -0.4 is 9.64 Å². The lowest BCUT2D eigenvalue weighted by atomic mass is 10.2. The highest BCUT2D eigenvalue weighted by atomic mass is 32.2. The molecule has 0 aliphatic carbocycles. The largest absolute Gasteiger partial charge is 0.573 e. The van der Waals surface area contributed by atoms with E-state index in [1.54, 1.807) is 0 Å². The number of hydrogen-bond donors (Lipinski definition) is 1. The van der Waals surface area contributed by atoms with Crippen molar-refractivity contribution in [3.8, 4) is 5.75 Å². The van der Waals surface area contributed by atoms with Crippen LogP contribution in [0.15, 0.2) is 29.3 Å². The van der Waals surface area contributed by atoms with Crippen molar-refractivity contribution in [3.05, 3.63) is 24.3 Å². The van der Waals surface area contributed by atoms with E-state index >= 15 is 0 Å². The third-order valence-electron chi connectivity index (χ3n) is 4.19. The number of carboxylic acids is 1. The van der Waals surface area contributed by atoms with Crippen LogP contribution in [0.5, 0.6) is 5.75 Å². The summed E-state index contributed by atoms with van der Waals surface area (Å²) in [5.41, 5.74) is 0.349. The topological polar surface area (TPSA) is 113 Å². The molecule has 0 unspecified atom stereocenters. The van der Waals surface area contributed by atoms with Gasteiger partial charge < -0.3 is 14.7 Å². The van der Waals surface area contributed by atoms with Crippen molar-refractivity contribution in [2.75, 3.05) is 16.4 Å². The molecule has 2 heterocycles. The Balaban J connectivity index is 1.88. The minimum Gasteiger partial charge on any atom is -0.481 e. The maximum atomic E-state index is 12.3. The van der Waals surface area contributed by atoms with Crippen LogP contribution in [0.3, 0.4) is 0 Å². The van der Waals surface area contributed by atoms with Gasteiger partial charge in [0.25, 0.3) is 0 Å². The van der Waals surface area contributed by atoms with E-state index in [1.165, 1.54) is 17.0 Å². The van der Waals surface area contributed by atoms with Crippen LogP contribution in [0, 0.1) is 0 Å². The predicted octanol–water partition coefficient (Wildman–Crippen LogP) is 2.05. The Kier molecular flexibility index (Phi) is 5.81. The molecule has 29 heavy (non-hydrogen) atoms. The average molecular weight is 452 g/mol. The molecule has 1 aromatic carbocycles. The van der Waals surface area contributed by atoms with Gasteiger partial charge in [0.15, 0.2) is 15.0 Å². The van der Waals surface area contributed by atoms with E-state index in [0.717, 1.165) is 23.9 Å². The summed E-state index contributed by atoms with van der Waals surface area (Å²) in [4.78, 5) is 28.0. The maximum absolute atomic E-state index is 12.3. The number of amides is 1. The molecule has 1 N–H and O–H groups in total. The number of aliphatic carboxylic acids is 1. The smallest absolute Gasteiger partial charge is 0.481 e. The highest BCUT2D eigenvalue weighted by Gasteiger charge is 2.49. The van der Waals surface area contributed by atoms with Gasteiger partial charge >= 0.3 is 12.3 Å². The van der Waals surface area contributed by atoms with Crippen molar-refractivity contribution < 1.29 is 41.0 Å². The molecule has 0 saturated carbocycles. The van der Waals surface area contributed by atoms with Crippen LogP contribution in [0.1, 0.15) is 12.8 Å². The Hall–Kier alpha value is -2.28. The number of halogens is 3. The third-order valence-corrected chi connectivity index (χ3v) is 7.40. The second-order valence-corrected chi connectivity index (χ2v) is 9.75. The van der Waals surface area contributed by atoms with Crippen molar-refractivity contribution >= 4 is 44.3 Å². The van der Waals surface area contributed by atoms with Gasteiger partial charge in [-0.3, -0.25) is 9.59 Å². The van der Waals surface area contributed by atoms with Crippen molar-refractivity contribution in [1.29, 1.82) is 0 Å². The Labute approximate surface area is 167 Å². The molecule has 0 radical (unpaired) electrons. The van der Waals surface area contributed by atoms with Gasteiger partial charge in [-0.1, -0.05) is 11.8 Å². The van der Waals surface area contributed by atoms with Gasteiger partial charge in [-0.2, -0.15) is 4.99 Å². The molecule has 0 bridgehead atoms. The number of carboxylic acid groups (broad SMARTS) is 1. The number of hydrogen-bond acceptors (Lipinski definition) is 6. The standard InChI is InChI=1S/C16H15F3N2O6S2/c17-16(18,19)27-10-3-1-9(2-4-10)21-11-7-29(25,26)8-12(11)28-15(21)20-13(22)5-6-14(23)24/h1-4,11-12H,5-8H2,(H,23,24)/t11-,12+/m1/s1. The lowest BCUT2D eigenvalue weighted by molar-refractivity contribution is -0.274. The van der Waals surface area contributed by atoms with Crippen LogP contribution in [0.4, 0.5) is 18.9 Å². The van der Waals surface area contributed by atoms with Gasteiger partial charge in [0.2, 0.25) is 5.91 Å². The summed E-state index contributed by atoms with van der Waals surface area (Å²) in [5.74, 6) is -2.58. The number of amidine groups is 1. The molecular formula is C16H15F3N2O6S2. The molecule has 8 nitrogen and oxygen atoms in total. The van der Waals surface area contributed by atoms with Crippen molar-refractivity contribution in [1.82, 2.24) is 0 Å². The highest BCUT2D eigenvalue weighted by molar-refractivity contribution is 8.16. The van der Waals surface area contributed by atoms with E-state index < -0.39 is 51.5 Å². The van der Waals surface area contributed by atoms with Crippen LogP contribution in [-0.2, 0) is 19.4 Å². The second kappa shape index (κ2) is 7.86. The number of alkyl halides is 3. The Morgan fingerprint density at radius 2 is 1.86 bits per heavy atom. The first-order valence-electron chi connectivity index (χ1n) is 8.29. The van der Waals surface area contributed by atoms with E-state index in [4.69, 9.17) is 5.11 Å². The normalized spacial score (nSPS) is 24.5. The Morgan fingerprint density at radius 3 is 2.45 bits per heavy atom. The maximum Gasteiger partial charge on any atom is 0.573 e. The molecule has 1 amide bonds. The summed E-state index contributed by atoms with van der Waals surface area (Å²) in [6, 6.07) is 4.24. The van der Waals surface area contributed by atoms with Gasteiger partial charge in [0.1, 0.15) is 5.75 Å². The fraction of sp³-hybridized carbons (Fsp3) is 0.438. The zero-order valence-corrected chi connectivity index (χ0v) is 16.3. The Morgan fingerprint density at radius 1 is 1.21 bits per heavy atom. The number of aliphatic imine (C=N–C) groups is 1. The monoisotopic (exact) mass is 452 g/mol. The number of sulfone groups is 1. The van der Waals surface area contributed by atoms with Crippen molar-refractivity contribution in [2.24, 2.45) is 4.99 Å². The van der Waals surface area contributed by atoms with E-state index in [1.807, 2.05) is 0 Å². The molecule has 2 aliphatic heterocycles. The molecule has 1 aromatic rings. The predicted molar refractivity (Wildman–Crippen MR) is 98.7 cm³/mol. The Bertz CT molecular complexity index is 946. The minimum atomic E-state index is -4.85. The van der Waals surface area contributed by atoms with Gasteiger partial charge in [0, 0.05) is 17.4 Å². The third kappa shape index (κ3) is 5.41. The fourth-order valence-corrected chi connectivity index (χ4v) is 6.98. The first-order valence-corrected chi connectivity index (χ1v) is 11.0. The first kappa shape index (κ1) is 21.4. The number of rotatable bonds is 5. The summed E-state index contributed by atoms with van der Waals surface area (Å²) >= 11 is 1.08. The summed E-state index contributed by atoms with van der Waals surface area (Å²) < 4.78 is 64.8. The fourth-order valence-electron chi connectivity index (χ4n) is 3.05. The summed E-state index contributed by atoms with van der Waals surface area (Å²) in [6.07, 6.45) is -5.57. The minimum absolute atomic E-state index is 0.115. The lowest BCUT2D eigenvalue weighted by Gasteiger charge is -2.24. The molecule has 158 valence electrons. The van der Waals surface area contributed by atoms with Gasteiger partial charge in [-0.15, -0.1) is 13.2 Å². The zero-order valence-electron chi connectivity index (χ0n) is 14.6. The summed E-state index contributed by atoms with van der Waals surface area (Å²) in [6.45, 7) is 0. The molecule has 2 aliphatic rings. The first-order chi connectivity index (χ1) is 13.4. The average Bonchev–Trinajstić information content (AvgIpc) is 3.03. The number of fused-ring (bicyclic) bond motifs is 1.